The molecule has 1 aromatic heterocycles. The third-order valence-electron chi connectivity index (χ3n) is 1.64. The van der Waals surface area contributed by atoms with Gasteiger partial charge in [0.1, 0.15) is 4.34 Å². The van der Waals surface area contributed by atoms with Gasteiger partial charge in [0.15, 0.2) is 4.47 Å². The number of hydrogen-bond donors (Lipinski definition) is 0. The van der Waals surface area contributed by atoms with Gasteiger partial charge < -0.3 is 28.5 Å². The Labute approximate surface area is 116 Å². The van der Waals surface area contributed by atoms with Crippen LogP contribution in [0.1, 0.15) is 5.69 Å². The summed E-state index contributed by atoms with van der Waals surface area (Å²) in [6.45, 7) is 1.01. The van der Waals surface area contributed by atoms with E-state index in [0.29, 0.717) is 4.47 Å². The molecule has 0 saturated carbocycles. The van der Waals surface area contributed by atoms with Crippen molar-refractivity contribution in [1.29, 1.82) is 0 Å². The SMILES string of the molecule is C[N+](C)(C)CCc1nc(Cl)sc1Cl.[I-]. The van der Waals surface area contributed by atoms with Gasteiger partial charge in [-0.1, -0.05) is 34.5 Å². The molecule has 0 amide bonds. The molecule has 0 aliphatic heterocycles. The largest absolute Gasteiger partial charge is 1.00 e. The maximum absolute atomic E-state index is 5.94. The second kappa shape index (κ2) is 5.84. The van der Waals surface area contributed by atoms with Crippen molar-refractivity contribution in [2.24, 2.45) is 0 Å². The van der Waals surface area contributed by atoms with Gasteiger partial charge in [0.25, 0.3) is 0 Å². The smallest absolute Gasteiger partial charge is 0.185 e. The molecule has 0 aliphatic rings. The monoisotopic (exact) mass is 366 g/mol. The molecule has 0 bridgehead atoms. The van der Waals surface area contributed by atoms with Crippen molar-refractivity contribution in [2.75, 3.05) is 27.7 Å². The minimum atomic E-state index is 0. The second-order valence-corrected chi connectivity index (χ2v) is 6.13. The number of likely N-dealkylation sites (N-methyl/N-ethyl adjacent to an activating group) is 1. The quantitative estimate of drug-likeness (QED) is 0.529. The van der Waals surface area contributed by atoms with Crippen LogP contribution in [-0.4, -0.2) is 37.2 Å². The van der Waals surface area contributed by atoms with E-state index < -0.39 is 0 Å². The fourth-order valence-electron chi connectivity index (χ4n) is 0.901. The van der Waals surface area contributed by atoms with E-state index in [1.165, 1.54) is 11.3 Å². The number of rotatable bonds is 3. The molecule has 82 valence electrons. The number of halogens is 3. The van der Waals surface area contributed by atoms with Crippen molar-refractivity contribution in [2.45, 2.75) is 6.42 Å². The van der Waals surface area contributed by atoms with E-state index in [1.54, 1.807) is 0 Å². The molecular weight excluding hydrogens is 354 g/mol. The lowest BCUT2D eigenvalue weighted by Gasteiger charge is -2.23. The highest BCUT2D eigenvalue weighted by Crippen LogP contribution is 2.27. The minimum Gasteiger partial charge on any atom is -1.00 e. The molecule has 0 fully saturated rings. The van der Waals surface area contributed by atoms with Crippen LogP contribution < -0.4 is 24.0 Å². The van der Waals surface area contributed by atoms with E-state index in [0.717, 1.165) is 27.5 Å². The zero-order valence-corrected chi connectivity index (χ0v) is 12.8. The van der Waals surface area contributed by atoms with E-state index in [9.17, 15) is 0 Å². The zero-order valence-electron chi connectivity index (χ0n) is 8.35. The lowest BCUT2D eigenvalue weighted by Crippen LogP contribution is -3.00. The molecule has 1 rings (SSSR count). The first-order valence-corrected chi connectivity index (χ1v) is 5.57. The Morgan fingerprint density at radius 3 is 2.21 bits per heavy atom. The Bertz CT molecular complexity index is 296. The van der Waals surface area contributed by atoms with Gasteiger partial charge in [0.2, 0.25) is 0 Å². The highest BCUT2D eigenvalue weighted by atomic mass is 127. The number of nitrogens with zero attached hydrogens (tertiary/aromatic N) is 2. The van der Waals surface area contributed by atoms with Crippen LogP contribution in [0.5, 0.6) is 0 Å². The zero-order chi connectivity index (χ0) is 10.1. The third kappa shape index (κ3) is 5.11. The maximum atomic E-state index is 5.94. The summed E-state index contributed by atoms with van der Waals surface area (Å²) in [5.41, 5.74) is 0.921. The molecule has 1 heterocycles. The summed E-state index contributed by atoms with van der Waals surface area (Å²) >= 11 is 13.0. The molecule has 14 heavy (non-hydrogen) atoms. The Morgan fingerprint density at radius 2 is 1.86 bits per heavy atom. The average molecular weight is 367 g/mol. The third-order valence-corrected chi connectivity index (χ3v) is 3.08. The molecule has 0 aromatic carbocycles. The number of quaternary nitrogens is 1. The van der Waals surface area contributed by atoms with Crippen molar-refractivity contribution >= 4 is 34.5 Å². The van der Waals surface area contributed by atoms with Crippen LogP contribution in [0, 0.1) is 0 Å². The standard InChI is InChI=1S/C8H13Cl2N2S.HI/c1-12(2,3)5-4-6-7(9)13-8(10)11-6;/h4-5H2,1-3H3;1H/q+1;/p-1. The number of hydrogen-bond acceptors (Lipinski definition) is 2. The summed E-state index contributed by atoms with van der Waals surface area (Å²) in [5.74, 6) is 0. The molecular formula is C8H13Cl2IN2S. The lowest BCUT2D eigenvalue weighted by atomic mass is 10.3. The predicted molar refractivity (Wildman–Crippen MR) is 58.7 cm³/mol. The first-order valence-electron chi connectivity index (χ1n) is 3.99. The van der Waals surface area contributed by atoms with E-state index in [2.05, 4.69) is 26.1 Å². The van der Waals surface area contributed by atoms with E-state index >= 15 is 0 Å². The number of thiazole rings is 1. The van der Waals surface area contributed by atoms with E-state index in [1.807, 2.05) is 0 Å². The lowest BCUT2D eigenvalue weighted by molar-refractivity contribution is -0.870. The van der Waals surface area contributed by atoms with Gasteiger partial charge in [0, 0.05) is 6.42 Å². The van der Waals surface area contributed by atoms with Gasteiger partial charge >= 0.3 is 0 Å². The Hall–Kier alpha value is 0.900. The van der Waals surface area contributed by atoms with Gasteiger partial charge in [-0.05, 0) is 0 Å². The van der Waals surface area contributed by atoms with Crippen molar-refractivity contribution in [3.05, 3.63) is 14.5 Å². The molecule has 0 saturated heterocycles. The van der Waals surface area contributed by atoms with Crippen LogP contribution in [0.4, 0.5) is 0 Å². The second-order valence-electron chi connectivity index (χ2n) is 3.95. The summed E-state index contributed by atoms with van der Waals surface area (Å²) in [6, 6.07) is 0. The van der Waals surface area contributed by atoms with Crippen LogP contribution in [0.3, 0.4) is 0 Å². The van der Waals surface area contributed by atoms with Crippen LogP contribution in [0.25, 0.3) is 0 Å². The fraction of sp³-hybridized carbons (Fsp3) is 0.625. The molecule has 0 radical (unpaired) electrons. The molecule has 1 aromatic rings. The average Bonchev–Trinajstić information content (AvgIpc) is 2.24. The molecule has 0 spiro atoms. The highest BCUT2D eigenvalue weighted by Gasteiger charge is 2.12. The molecule has 6 heteroatoms. The van der Waals surface area contributed by atoms with Gasteiger partial charge in [0.05, 0.1) is 33.4 Å². The van der Waals surface area contributed by atoms with Gasteiger partial charge in [-0.15, -0.1) is 0 Å². The molecule has 0 aliphatic carbocycles. The summed E-state index contributed by atoms with van der Waals surface area (Å²) in [4.78, 5) is 4.16. The summed E-state index contributed by atoms with van der Waals surface area (Å²) in [7, 11) is 6.42. The summed E-state index contributed by atoms with van der Waals surface area (Å²) in [5, 5.41) is 0. The summed E-state index contributed by atoms with van der Waals surface area (Å²) in [6.07, 6.45) is 0.881. The minimum absolute atomic E-state index is 0. The Balaban J connectivity index is 0.00000169. The van der Waals surface area contributed by atoms with Gasteiger partial charge in [-0.25, -0.2) is 4.98 Å². The molecule has 0 atom stereocenters. The van der Waals surface area contributed by atoms with E-state index in [4.69, 9.17) is 23.2 Å². The predicted octanol–water partition coefficient (Wildman–Crippen LogP) is -0.297. The van der Waals surface area contributed by atoms with E-state index in [-0.39, 0.29) is 24.0 Å². The summed E-state index contributed by atoms with van der Waals surface area (Å²) < 4.78 is 2.16. The van der Waals surface area contributed by atoms with Crippen molar-refractivity contribution < 1.29 is 28.5 Å². The van der Waals surface area contributed by atoms with Gasteiger partial charge in [-0.2, -0.15) is 0 Å². The number of aromatic nitrogens is 1. The van der Waals surface area contributed by atoms with Crippen LogP contribution in [-0.2, 0) is 6.42 Å². The normalized spacial score (nSPS) is 11.2. The molecule has 0 unspecified atom stereocenters. The Morgan fingerprint density at radius 1 is 1.29 bits per heavy atom. The van der Waals surface area contributed by atoms with Crippen molar-refractivity contribution in [3.63, 3.8) is 0 Å². The topological polar surface area (TPSA) is 12.9 Å². The first kappa shape index (κ1) is 14.9. The van der Waals surface area contributed by atoms with Gasteiger partial charge in [-0.3, -0.25) is 0 Å². The Kier molecular flexibility index (Phi) is 6.22. The van der Waals surface area contributed by atoms with Crippen molar-refractivity contribution in [1.82, 2.24) is 4.98 Å². The van der Waals surface area contributed by atoms with Crippen LogP contribution in [0.15, 0.2) is 0 Å². The molecule has 2 nitrogen and oxygen atoms in total. The molecule has 0 N–H and O–H groups in total. The maximum Gasteiger partial charge on any atom is 0.185 e. The van der Waals surface area contributed by atoms with Crippen LogP contribution >= 0.6 is 34.5 Å². The van der Waals surface area contributed by atoms with Crippen LogP contribution in [0.2, 0.25) is 8.80 Å². The first-order chi connectivity index (χ1) is 5.88. The highest BCUT2D eigenvalue weighted by molar-refractivity contribution is 7.19. The fourth-order valence-corrected chi connectivity index (χ4v) is 2.28. The van der Waals surface area contributed by atoms with Crippen molar-refractivity contribution in [3.8, 4) is 0 Å².